The van der Waals surface area contributed by atoms with Crippen molar-refractivity contribution in [3.63, 3.8) is 0 Å². The van der Waals surface area contributed by atoms with E-state index in [2.05, 4.69) is 15.8 Å². The number of carbonyl (C=O) groups excluding carboxylic acids is 2. The second-order valence-corrected chi connectivity index (χ2v) is 5.47. The van der Waals surface area contributed by atoms with Crippen LogP contribution in [-0.4, -0.2) is 31.2 Å². The lowest BCUT2D eigenvalue weighted by atomic mass is 10.2. The minimum Gasteiger partial charge on any atom is -0.490 e. The average molecular weight is 369 g/mol. The molecule has 0 aliphatic rings. The molecule has 2 aromatic carbocycles. The van der Waals surface area contributed by atoms with Crippen LogP contribution >= 0.6 is 0 Å². The molecule has 2 amide bonds. The molecule has 2 N–H and O–H groups in total. The van der Waals surface area contributed by atoms with Gasteiger partial charge in [-0.1, -0.05) is 30.3 Å². The lowest BCUT2D eigenvalue weighted by Crippen LogP contribution is -2.37. The van der Waals surface area contributed by atoms with Crippen molar-refractivity contribution >= 4 is 18.0 Å². The van der Waals surface area contributed by atoms with Crippen LogP contribution in [0, 0.1) is 0 Å². The summed E-state index contributed by atoms with van der Waals surface area (Å²) >= 11 is 0. The Morgan fingerprint density at radius 1 is 1.00 bits per heavy atom. The molecule has 0 saturated carbocycles. The summed E-state index contributed by atoms with van der Waals surface area (Å²) in [4.78, 5) is 22.8. The molecule has 0 saturated heterocycles. The number of benzene rings is 2. The number of hydrazone groups is 1. The summed E-state index contributed by atoms with van der Waals surface area (Å²) in [5, 5.41) is 6.18. The summed E-state index contributed by atoms with van der Waals surface area (Å²) in [5.74, 6) is -0.355. The summed E-state index contributed by atoms with van der Waals surface area (Å²) in [6, 6.07) is 15.1. The van der Waals surface area contributed by atoms with E-state index in [1.165, 1.54) is 6.21 Å². The average Bonchev–Trinajstić information content (AvgIpc) is 2.68. The SMILES string of the molecule is CCNC(=O)C(=O)N/N=C\c1ccc(OCc2ccccc2)c(OCC)c1. The van der Waals surface area contributed by atoms with Gasteiger partial charge < -0.3 is 14.8 Å². The zero-order valence-corrected chi connectivity index (χ0v) is 15.4. The fraction of sp³-hybridized carbons (Fsp3) is 0.250. The number of likely N-dealkylation sites (N-methyl/N-ethyl adjacent to an activating group) is 1. The molecule has 0 atom stereocenters. The largest absolute Gasteiger partial charge is 0.490 e. The molecule has 2 rings (SSSR count). The summed E-state index contributed by atoms with van der Waals surface area (Å²) in [6.45, 7) is 4.89. The molecule has 0 radical (unpaired) electrons. The van der Waals surface area contributed by atoms with Gasteiger partial charge in [0.2, 0.25) is 0 Å². The fourth-order valence-corrected chi connectivity index (χ4v) is 2.18. The third kappa shape index (κ3) is 6.47. The third-order valence-electron chi connectivity index (χ3n) is 3.43. The van der Waals surface area contributed by atoms with Gasteiger partial charge in [0.25, 0.3) is 0 Å². The summed E-state index contributed by atoms with van der Waals surface area (Å²) in [5.41, 5.74) is 3.93. The summed E-state index contributed by atoms with van der Waals surface area (Å²) < 4.78 is 11.5. The Balaban J connectivity index is 2.02. The molecular weight excluding hydrogens is 346 g/mol. The number of nitrogens with zero attached hydrogens (tertiary/aromatic N) is 1. The second-order valence-electron chi connectivity index (χ2n) is 5.47. The molecule has 27 heavy (non-hydrogen) atoms. The van der Waals surface area contributed by atoms with Gasteiger partial charge in [-0.3, -0.25) is 9.59 Å². The van der Waals surface area contributed by atoms with Crippen molar-refractivity contribution in [2.75, 3.05) is 13.2 Å². The first kappa shape index (κ1) is 20.0. The monoisotopic (exact) mass is 369 g/mol. The highest BCUT2D eigenvalue weighted by Crippen LogP contribution is 2.28. The van der Waals surface area contributed by atoms with Crippen LogP contribution in [0.5, 0.6) is 11.5 Å². The molecule has 7 nitrogen and oxygen atoms in total. The maximum atomic E-state index is 11.5. The summed E-state index contributed by atoms with van der Waals surface area (Å²) in [6.07, 6.45) is 1.43. The van der Waals surface area contributed by atoms with E-state index in [1.807, 2.05) is 37.3 Å². The predicted molar refractivity (Wildman–Crippen MR) is 103 cm³/mol. The first-order chi connectivity index (χ1) is 13.1. The highest BCUT2D eigenvalue weighted by Gasteiger charge is 2.10. The van der Waals surface area contributed by atoms with Gasteiger partial charge in [0, 0.05) is 6.54 Å². The number of ether oxygens (including phenoxy) is 2. The molecule has 0 heterocycles. The van der Waals surface area contributed by atoms with Gasteiger partial charge in [0.15, 0.2) is 11.5 Å². The number of carbonyl (C=O) groups is 2. The van der Waals surface area contributed by atoms with Gasteiger partial charge >= 0.3 is 11.8 Å². The van der Waals surface area contributed by atoms with Gasteiger partial charge in [0.05, 0.1) is 12.8 Å². The lowest BCUT2D eigenvalue weighted by molar-refractivity contribution is -0.139. The number of nitrogens with one attached hydrogen (secondary N) is 2. The molecule has 0 unspecified atom stereocenters. The van der Waals surface area contributed by atoms with Crippen molar-refractivity contribution in [3.8, 4) is 11.5 Å². The molecule has 0 bridgehead atoms. The van der Waals surface area contributed by atoms with Crippen molar-refractivity contribution in [1.82, 2.24) is 10.7 Å². The number of amides is 2. The number of rotatable bonds is 8. The van der Waals surface area contributed by atoms with E-state index in [-0.39, 0.29) is 0 Å². The maximum absolute atomic E-state index is 11.5. The molecule has 0 aromatic heterocycles. The van der Waals surface area contributed by atoms with Gasteiger partial charge in [0.1, 0.15) is 6.61 Å². The Bertz CT molecular complexity index is 791. The van der Waals surface area contributed by atoms with E-state index in [1.54, 1.807) is 25.1 Å². The Hall–Kier alpha value is -3.35. The van der Waals surface area contributed by atoms with E-state index >= 15 is 0 Å². The standard InChI is InChI=1S/C20H23N3O4/c1-3-21-19(24)20(25)23-22-13-16-10-11-17(18(12-16)26-4-2)27-14-15-8-6-5-7-9-15/h5-13H,3-4,14H2,1-2H3,(H,21,24)(H,23,25)/b22-13-. The van der Waals surface area contributed by atoms with Gasteiger partial charge in [-0.25, -0.2) is 5.43 Å². The van der Waals surface area contributed by atoms with Crippen LogP contribution < -0.4 is 20.2 Å². The Kier molecular flexibility index (Phi) is 7.84. The molecule has 0 aliphatic carbocycles. The molecule has 2 aromatic rings. The van der Waals surface area contributed by atoms with E-state index in [9.17, 15) is 9.59 Å². The molecule has 0 spiro atoms. The van der Waals surface area contributed by atoms with E-state index < -0.39 is 11.8 Å². The Labute approximate surface area is 158 Å². The van der Waals surface area contributed by atoms with Gasteiger partial charge in [-0.15, -0.1) is 0 Å². The zero-order chi connectivity index (χ0) is 19.5. The topological polar surface area (TPSA) is 89.0 Å². The van der Waals surface area contributed by atoms with E-state index in [0.29, 0.717) is 36.8 Å². The third-order valence-corrected chi connectivity index (χ3v) is 3.43. The van der Waals surface area contributed by atoms with Crippen molar-refractivity contribution < 1.29 is 19.1 Å². The molecule has 142 valence electrons. The van der Waals surface area contributed by atoms with Crippen LogP contribution in [0.1, 0.15) is 25.0 Å². The van der Waals surface area contributed by atoms with Crippen molar-refractivity contribution in [3.05, 3.63) is 59.7 Å². The Morgan fingerprint density at radius 2 is 1.78 bits per heavy atom. The maximum Gasteiger partial charge on any atom is 0.329 e. The van der Waals surface area contributed by atoms with E-state index in [4.69, 9.17) is 9.47 Å². The van der Waals surface area contributed by atoms with Crippen LogP contribution in [0.4, 0.5) is 0 Å². The van der Waals surface area contributed by atoms with Crippen LogP contribution in [0.15, 0.2) is 53.6 Å². The molecule has 0 aliphatic heterocycles. The van der Waals surface area contributed by atoms with Crippen LogP contribution in [0.25, 0.3) is 0 Å². The predicted octanol–water partition coefficient (Wildman–Crippen LogP) is 2.25. The van der Waals surface area contributed by atoms with Crippen molar-refractivity contribution in [2.45, 2.75) is 20.5 Å². The first-order valence-electron chi connectivity index (χ1n) is 8.68. The first-order valence-corrected chi connectivity index (χ1v) is 8.68. The number of hydrogen-bond acceptors (Lipinski definition) is 5. The summed E-state index contributed by atoms with van der Waals surface area (Å²) in [7, 11) is 0. The Morgan fingerprint density at radius 3 is 2.48 bits per heavy atom. The van der Waals surface area contributed by atoms with Crippen LogP contribution in [-0.2, 0) is 16.2 Å². The zero-order valence-electron chi connectivity index (χ0n) is 15.4. The van der Waals surface area contributed by atoms with Crippen molar-refractivity contribution in [2.24, 2.45) is 5.10 Å². The minimum absolute atomic E-state index is 0.373. The molecular formula is C20H23N3O4. The smallest absolute Gasteiger partial charge is 0.329 e. The molecule has 7 heteroatoms. The highest BCUT2D eigenvalue weighted by atomic mass is 16.5. The normalized spacial score (nSPS) is 10.4. The minimum atomic E-state index is -0.819. The second kappa shape index (κ2) is 10.6. The highest BCUT2D eigenvalue weighted by molar-refractivity contribution is 6.35. The van der Waals surface area contributed by atoms with Crippen molar-refractivity contribution in [1.29, 1.82) is 0 Å². The van der Waals surface area contributed by atoms with E-state index in [0.717, 1.165) is 5.56 Å². The quantitative estimate of drug-likeness (QED) is 0.424. The fourth-order valence-electron chi connectivity index (χ4n) is 2.18. The van der Waals surface area contributed by atoms with Gasteiger partial charge in [-0.2, -0.15) is 5.10 Å². The van der Waals surface area contributed by atoms with Crippen LogP contribution in [0.3, 0.4) is 0 Å². The van der Waals surface area contributed by atoms with Crippen LogP contribution in [0.2, 0.25) is 0 Å². The van der Waals surface area contributed by atoms with Gasteiger partial charge in [-0.05, 0) is 43.2 Å². The lowest BCUT2D eigenvalue weighted by Gasteiger charge is -2.12. The number of hydrogen-bond donors (Lipinski definition) is 2. The molecule has 0 fully saturated rings.